The van der Waals surface area contributed by atoms with Gasteiger partial charge in [-0.15, -0.1) is 11.3 Å². The molecular weight excluding hydrogens is 310 g/mol. The molecule has 0 aliphatic heterocycles. The maximum absolute atomic E-state index is 12.0. The standard InChI is InChI=1S/C15H14ClNO3S/c1-9-6-7-21-13(9)15(19)20-10(2)14(18)17-12-5-3-4-11(16)8-12/h3-8,10H,1-2H3,(H,17,18)/t10-/m1/s1. The molecular formula is C15H14ClNO3S. The van der Waals surface area contributed by atoms with Crippen LogP contribution >= 0.6 is 22.9 Å². The highest BCUT2D eigenvalue weighted by molar-refractivity contribution is 7.12. The third kappa shape index (κ3) is 4.06. The molecule has 0 aliphatic rings. The molecule has 0 aliphatic carbocycles. The van der Waals surface area contributed by atoms with Gasteiger partial charge in [0.05, 0.1) is 0 Å². The fraction of sp³-hybridized carbons (Fsp3) is 0.200. The zero-order valence-corrected chi connectivity index (χ0v) is 13.1. The Morgan fingerprint density at radius 1 is 1.33 bits per heavy atom. The molecule has 0 spiro atoms. The number of benzene rings is 1. The molecule has 2 aromatic rings. The summed E-state index contributed by atoms with van der Waals surface area (Å²) in [6, 6.07) is 8.60. The van der Waals surface area contributed by atoms with E-state index in [-0.39, 0.29) is 0 Å². The van der Waals surface area contributed by atoms with E-state index in [0.29, 0.717) is 15.6 Å². The molecule has 1 amide bonds. The van der Waals surface area contributed by atoms with Crippen LogP contribution in [0.25, 0.3) is 0 Å². The van der Waals surface area contributed by atoms with Crippen LogP contribution < -0.4 is 5.32 Å². The Morgan fingerprint density at radius 3 is 2.71 bits per heavy atom. The molecule has 0 saturated carbocycles. The first kappa shape index (κ1) is 15.5. The summed E-state index contributed by atoms with van der Waals surface area (Å²) in [5.74, 6) is -0.893. The van der Waals surface area contributed by atoms with Gasteiger partial charge in [-0.25, -0.2) is 4.79 Å². The summed E-state index contributed by atoms with van der Waals surface area (Å²) in [5.41, 5.74) is 1.40. The summed E-state index contributed by atoms with van der Waals surface area (Å²) in [6.07, 6.45) is -0.891. The van der Waals surface area contributed by atoms with Crippen LogP contribution in [0.15, 0.2) is 35.7 Å². The molecule has 0 bridgehead atoms. The predicted molar refractivity (Wildman–Crippen MR) is 84.0 cm³/mol. The minimum atomic E-state index is -0.891. The third-order valence-electron chi connectivity index (χ3n) is 2.79. The van der Waals surface area contributed by atoms with Gasteiger partial charge in [0.15, 0.2) is 6.10 Å². The molecule has 110 valence electrons. The predicted octanol–water partition coefficient (Wildman–Crippen LogP) is 3.89. The number of hydrogen-bond acceptors (Lipinski definition) is 4. The van der Waals surface area contributed by atoms with Crippen molar-refractivity contribution in [3.8, 4) is 0 Å². The zero-order valence-electron chi connectivity index (χ0n) is 11.6. The van der Waals surface area contributed by atoms with E-state index >= 15 is 0 Å². The highest BCUT2D eigenvalue weighted by atomic mass is 35.5. The van der Waals surface area contributed by atoms with Crippen molar-refractivity contribution in [3.05, 3.63) is 51.2 Å². The average Bonchev–Trinajstić information content (AvgIpc) is 2.85. The first-order chi connectivity index (χ1) is 9.97. The van der Waals surface area contributed by atoms with Gasteiger partial charge in [0.1, 0.15) is 4.88 Å². The monoisotopic (exact) mass is 323 g/mol. The van der Waals surface area contributed by atoms with Crippen molar-refractivity contribution in [3.63, 3.8) is 0 Å². The van der Waals surface area contributed by atoms with E-state index in [1.54, 1.807) is 24.3 Å². The first-order valence-corrected chi connectivity index (χ1v) is 7.54. The molecule has 0 unspecified atom stereocenters. The van der Waals surface area contributed by atoms with Gasteiger partial charge in [-0.1, -0.05) is 17.7 Å². The number of hydrogen-bond donors (Lipinski definition) is 1. The zero-order chi connectivity index (χ0) is 15.4. The smallest absolute Gasteiger partial charge is 0.349 e. The summed E-state index contributed by atoms with van der Waals surface area (Å²) >= 11 is 7.14. The second-order valence-electron chi connectivity index (χ2n) is 4.48. The summed E-state index contributed by atoms with van der Waals surface area (Å²) < 4.78 is 5.17. The van der Waals surface area contributed by atoms with Crippen LogP contribution in [0.1, 0.15) is 22.2 Å². The van der Waals surface area contributed by atoms with E-state index in [0.717, 1.165) is 5.56 Å². The van der Waals surface area contributed by atoms with Gasteiger partial charge in [0.2, 0.25) is 0 Å². The minimum absolute atomic E-state index is 0.403. The van der Waals surface area contributed by atoms with Crippen LogP contribution in [0, 0.1) is 6.92 Å². The lowest BCUT2D eigenvalue weighted by molar-refractivity contribution is -0.123. The summed E-state index contributed by atoms with van der Waals surface area (Å²) in [5, 5.41) is 4.98. The second-order valence-corrected chi connectivity index (χ2v) is 5.83. The highest BCUT2D eigenvalue weighted by Gasteiger charge is 2.20. The quantitative estimate of drug-likeness (QED) is 0.868. The molecule has 0 radical (unpaired) electrons. The van der Waals surface area contributed by atoms with Crippen molar-refractivity contribution in [2.75, 3.05) is 5.32 Å². The normalized spacial score (nSPS) is 11.8. The summed E-state index contributed by atoms with van der Waals surface area (Å²) in [6.45, 7) is 3.35. The summed E-state index contributed by atoms with van der Waals surface area (Å²) in [7, 11) is 0. The Bertz CT molecular complexity index is 668. The van der Waals surface area contributed by atoms with Crippen molar-refractivity contribution in [1.29, 1.82) is 0 Å². The van der Waals surface area contributed by atoms with Crippen molar-refractivity contribution < 1.29 is 14.3 Å². The number of anilines is 1. The third-order valence-corrected chi connectivity index (χ3v) is 4.02. The Kier molecular flexibility index (Phi) is 4.98. The first-order valence-electron chi connectivity index (χ1n) is 6.29. The van der Waals surface area contributed by atoms with E-state index in [9.17, 15) is 9.59 Å². The van der Waals surface area contributed by atoms with Crippen molar-refractivity contribution in [1.82, 2.24) is 0 Å². The molecule has 21 heavy (non-hydrogen) atoms. The number of carbonyl (C=O) groups is 2. The fourth-order valence-electron chi connectivity index (χ4n) is 1.66. The molecule has 6 heteroatoms. The Labute approximate surface area is 131 Å². The molecule has 1 N–H and O–H groups in total. The maximum atomic E-state index is 12.0. The van der Waals surface area contributed by atoms with E-state index in [1.807, 2.05) is 18.4 Å². The van der Waals surface area contributed by atoms with Crippen LogP contribution in [0.5, 0.6) is 0 Å². The van der Waals surface area contributed by atoms with E-state index in [1.165, 1.54) is 18.3 Å². The minimum Gasteiger partial charge on any atom is -0.448 e. The van der Waals surface area contributed by atoms with Gasteiger partial charge in [0.25, 0.3) is 5.91 Å². The number of esters is 1. The van der Waals surface area contributed by atoms with Crippen LogP contribution in [0.4, 0.5) is 5.69 Å². The van der Waals surface area contributed by atoms with E-state index < -0.39 is 18.0 Å². The van der Waals surface area contributed by atoms with Crippen molar-refractivity contribution >= 4 is 40.5 Å². The van der Waals surface area contributed by atoms with Crippen LogP contribution in [-0.4, -0.2) is 18.0 Å². The number of thiophene rings is 1. The van der Waals surface area contributed by atoms with Gasteiger partial charge < -0.3 is 10.1 Å². The Balaban J connectivity index is 1.97. The van der Waals surface area contributed by atoms with Gasteiger partial charge >= 0.3 is 5.97 Å². The van der Waals surface area contributed by atoms with Crippen molar-refractivity contribution in [2.45, 2.75) is 20.0 Å². The second kappa shape index (κ2) is 6.74. The number of halogens is 1. The molecule has 4 nitrogen and oxygen atoms in total. The van der Waals surface area contributed by atoms with Crippen molar-refractivity contribution in [2.24, 2.45) is 0 Å². The van der Waals surface area contributed by atoms with Gasteiger partial charge in [-0.05, 0) is 49.1 Å². The fourth-order valence-corrected chi connectivity index (χ4v) is 2.66. The van der Waals surface area contributed by atoms with E-state index in [4.69, 9.17) is 16.3 Å². The van der Waals surface area contributed by atoms with Gasteiger partial charge in [-0.3, -0.25) is 4.79 Å². The highest BCUT2D eigenvalue weighted by Crippen LogP contribution is 2.18. The lowest BCUT2D eigenvalue weighted by Gasteiger charge is -2.13. The molecule has 1 aromatic carbocycles. The number of ether oxygens (including phenoxy) is 1. The van der Waals surface area contributed by atoms with Crippen LogP contribution in [0.3, 0.4) is 0 Å². The Morgan fingerprint density at radius 2 is 2.10 bits per heavy atom. The number of amides is 1. The van der Waals surface area contributed by atoms with Gasteiger partial charge in [0, 0.05) is 10.7 Å². The molecule has 2 rings (SSSR count). The van der Waals surface area contributed by atoms with Gasteiger partial charge in [-0.2, -0.15) is 0 Å². The molecule has 0 saturated heterocycles. The molecule has 0 fully saturated rings. The average molecular weight is 324 g/mol. The molecule has 1 atom stereocenters. The SMILES string of the molecule is Cc1ccsc1C(=O)O[C@H](C)C(=O)Nc1cccc(Cl)c1. The summed E-state index contributed by atoms with van der Waals surface area (Å²) in [4.78, 5) is 24.4. The van der Waals surface area contributed by atoms with E-state index in [2.05, 4.69) is 5.32 Å². The Hall–Kier alpha value is -1.85. The molecule has 1 heterocycles. The number of carbonyl (C=O) groups excluding carboxylic acids is 2. The largest absolute Gasteiger partial charge is 0.448 e. The number of nitrogens with one attached hydrogen (secondary N) is 1. The topological polar surface area (TPSA) is 55.4 Å². The van der Waals surface area contributed by atoms with Crippen LogP contribution in [-0.2, 0) is 9.53 Å². The maximum Gasteiger partial charge on any atom is 0.349 e. The number of rotatable bonds is 4. The number of aryl methyl sites for hydroxylation is 1. The lowest BCUT2D eigenvalue weighted by Crippen LogP contribution is -2.29. The lowest BCUT2D eigenvalue weighted by atomic mass is 10.3. The van der Waals surface area contributed by atoms with Crippen LogP contribution in [0.2, 0.25) is 5.02 Å². The molecule has 1 aromatic heterocycles.